The Hall–Kier alpha value is -0.610. The van der Waals surface area contributed by atoms with Gasteiger partial charge in [-0.2, -0.15) is 0 Å². The summed E-state index contributed by atoms with van der Waals surface area (Å²) in [4.78, 5) is 14.3. The third kappa shape index (κ3) is 4.18. The summed E-state index contributed by atoms with van der Waals surface area (Å²) in [7, 11) is 1.88. The molecule has 1 heterocycles. The summed E-state index contributed by atoms with van der Waals surface area (Å²) in [6.07, 6.45) is 4.90. The highest BCUT2D eigenvalue weighted by Crippen LogP contribution is 2.31. The van der Waals surface area contributed by atoms with Crippen molar-refractivity contribution in [2.24, 2.45) is 11.3 Å². The fourth-order valence-electron chi connectivity index (χ4n) is 2.70. The van der Waals surface area contributed by atoms with Crippen molar-refractivity contribution in [1.29, 1.82) is 0 Å². The number of nitrogens with one attached hydrogen (secondary N) is 1. The van der Waals surface area contributed by atoms with Crippen molar-refractivity contribution in [2.45, 2.75) is 45.6 Å². The zero-order valence-corrected chi connectivity index (χ0v) is 12.6. The lowest BCUT2D eigenvalue weighted by molar-refractivity contribution is -0.136. The maximum Gasteiger partial charge on any atom is 0.240 e. The van der Waals surface area contributed by atoms with Gasteiger partial charge < -0.3 is 15.0 Å². The van der Waals surface area contributed by atoms with E-state index in [-0.39, 0.29) is 17.4 Å². The highest BCUT2D eigenvalue weighted by atomic mass is 16.5. The Morgan fingerprint density at radius 3 is 2.79 bits per heavy atom. The fraction of sp³-hybridized carbons (Fsp3) is 0.933. The summed E-state index contributed by atoms with van der Waals surface area (Å²) in [5.41, 5.74) is 0.0540. The molecule has 0 aromatic rings. The lowest BCUT2D eigenvalue weighted by atomic mass is 9.77. The second-order valence-electron chi connectivity index (χ2n) is 6.76. The molecule has 4 heteroatoms. The smallest absolute Gasteiger partial charge is 0.240 e. The summed E-state index contributed by atoms with van der Waals surface area (Å²) in [6.45, 7) is 7.53. The van der Waals surface area contributed by atoms with Gasteiger partial charge in [-0.1, -0.05) is 13.8 Å². The van der Waals surface area contributed by atoms with Gasteiger partial charge >= 0.3 is 0 Å². The first-order valence-corrected chi connectivity index (χ1v) is 7.57. The number of hydrogen-bond donors (Lipinski definition) is 1. The number of carbonyl (C=O) groups is 1. The minimum Gasteiger partial charge on any atom is -0.379 e. The van der Waals surface area contributed by atoms with Crippen LogP contribution in [0, 0.1) is 11.3 Å². The van der Waals surface area contributed by atoms with Crippen LogP contribution in [0.15, 0.2) is 0 Å². The molecule has 1 atom stereocenters. The van der Waals surface area contributed by atoms with Gasteiger partial charge in [-0.05, 0) is 43.6 Å². The van der Waals surface area contributed by atoms with Gasteiger partial charge in [0.15, 0.2) is 0 Å². The second kappa shape index (κ2) is 6.23. The molecule has 1 N–H and O–H groups in total. The Morgan fingerprint density at radius 2 is 2.16 bits per heavy atom. The average Bonchev–Trinajstić information content (AvgIpc) is 3.17. The second-order valence-corrected chi connectivity index (χ2v) is 6.76. The van der Waals surface area contributed by atoms with Crippen LogP contribution in [0.3, 0.4) is 0 Å². The highest BCUT2D eigenvalue weighted by molar-refractivity contribution is 5.82. The number of likely N-dealkylation sites (N-methyl/N-ethyl adjacent to an activating group) is 1. The zero-order valence-electron chi connectivity index (χ0n) is 12.6. The van der Waals surface area contributed by atoms with Gasteiger partial charge in [0.05, 0.1) is 12.6 Å². The number of carbonyl (C=O) groups excluding carboxylic acids is 1. The molecule has 2 aliphatic rings. The summed E-state index contributed by atoms with van der Waals surface area (Å²) in [5.74, 6) is 1.000. The van der Waals surface area contributed by atoms with E-state index < -0.39 is 0 Å². The van der Waals surface area contributed by atoms with E-state index in [1.807, 2.05) is 11.9 Å². The third-order valence-electron chi connectivity index (χ3n) is 4.37. The molecule has 0 bridgehead atoms. The van der Waals surface area contributed by atoms with Crippen molar-refractivity contribution in [3.63, 3.8) is 0 Å². The molecule has 1 amide bonds. The first-order valence-electron chi connectivity index (χ1n) is 7.57. The maximum atomic E-state index is 12.5. The fourth-order valence-corrected chi connectivity index (χ4v) is 2.70. The van der Waals surface area contributed by atoms with Gasteiger partial charge in [0.1, 0.15) is 0 Å². The largest absolute Gasteiger partial charge is 0.379 e. The van der Waals surface area contributed by atoms with Crippen molar-refractivity contribution in [1.82, 2.24) is 10.2 Å². The van der Waals surface area contributed by atoms with Crippen LogP contribution in [0.2, 0.25) is 0 Å². The predicted molar refractivity (Wildman–Crippen MR) is 76.0 cm³/mol. The monoisotopic (exact) mass is 268 g/mol. The molecule has 1 unspecified atom stereocenters. The maximum absolute atomic E-state index is 12.5. The topological polar surface area (TPSA) is 41.6 Å². The Kier molecular flexibility index (Phi) is 4.85. The first kappa shape index (κ1) is 14.8. The molecule has 4 nitrogen and oxygen atoms in total. The molecule has 2 rings (SSSR count). The Balaban J connectivity index is 1.73. The molecule has 0 spiro atoms. The molecule has 1 aliphatic heterocycles. The number of piperidine rings is 1. The van der Waals surface area contributed by atoms with Crippen molar-refractivity contribution in [3.05, 3.63) is 0 Å². The molecule has 1 saturated heterocycles. The lowest BCUT2D eigenvalue weighted by Crippen LogP contribution is -2.56. The van der Waals surface area contributed by atoms with Gasteiger partial charge in [-0.3, -0.25) is 4.79 Å². The lowest BCUT2D eigenvalue weighted by Gasteiger charge is -2.40. The van der Waals surface area contributed by atoms with Gasteiger partial charge in [0.2, 0.25) is 5.91 Å². The first-order chi connectivity index (χ1) is 9.00. The summed E-state index contributed by atoms with van der Waals surface area (Å²) < 4.78 is 5.60. The van der Waals surface area contributed by atoms with Crippen molar-refractivity contribution < 1.29 is 9.53 Å². The predicted octanol–water partition coefficient (Wildman–Crippen LogP) is 1.65. The van der Waals surface area contributed by atoms with E-state index in [1.54, 1.807) is 0 Å². The molecule has 0 aromatic carbocycles. The Morgan fingerprint density at radius 1 is 1.42 bits per heavy atom. The van der Waals surface area contributed by atoms with E-state index >= 15 is 0 Å². The summed E-state index contributed by atoms with van der Waals surface area (Å²) >= 11 is 0. The van der Waals surface area contributed by atoms with Crippen LogP contribution in [-0.2, 0) is 9.53 Å². The van der Waals surface area contributed by atoms with Gasteiger partial charge in [0.25, 0.3) is 0 Å². The van der Waals surface area contributed by atoms with Crippen LogP contribution in [0.25, 0.3) is 0 Å². The third-order valence-corrected chi connectivity index (χ3v) is 4.37. The molecule has 110 valence electrons. The van der Waals surface area contributed by atoms with E-state index in [1.165, 1.54) is 12.8 Å². The van der Waals surface area contributed by atoms with Crippen LogP contribution in [0.1, 0.15) is 39.5 Å². The number of nitrogens with zero attached hydrogens (tertiary/aromatic N) is 1. The van der Waals surface area contributed by atoms with Crippen molar-refractivity contribution in [2.75, 3.05) is 33.4 Å². The van der Waals surface area contributed by atoms with Crippen molar-refractivity contribution in [3.8, 4) is 0 Å². The van der Waals surface area contributed by atoms with E-state index in [0.717, 1.165) is 31.9 Å². The van der Waals surface area contributed by atoms with Gasteiger partial charge in [-0.15, -0.1) is 0 Å². The number of rotatable bonds is 6. The standard InChI is InChI=1S/C15H28N2O2/c1-15(2)7-4-8-16-13(15)14(18)17(3)9-10-19-11-12-5-6-12/h12-13,16H,4-11H2,1-3H3. The molecule has 1 saturated carbocycles. The highest BCUT2D eigenvalue weighted by Gasteiger charge is 2.38. The van der Waals surface area contributed by atoms with Gasteiger partial charge in [0, 0.05) is 20.2 Å². The van der Waals surface area contributed by atoms with Crippen LogP contribution in [-0.4, -0.2) is 50.2 Å². The molecule has 0 aromatic heterocycles. The molecule has 0 radical (unpaired) electrons. The van der Waals surface area contributed by atoms with Crippen LogP contribution in [0.5, 0.6) is 0 Å². The summed E-state index contributed by atoms with van der Waals surface area (Å²) in [6, 6.07) is -0.0466. The number of hydrogen-bond acceptors (Lipinski definition) is 3. The van der Waals surface area contributed by atoms with Gasteiger partial charge in [-0.25, -0.2) is 0 Å². The molecule has 19 heavy (non-hydrogen) atoms. The molecule has 2 fully saturated rings. The number of amides is 1. The van der Waals surface area contributed by atoms with E-state index in [2.05, 4.69) is 19.2 Å². The molecular formula is C15H28N2O2. The van der Waals surface area contributed by atoms with E-state index in [9.17, 15) is 4.79 Å². The van der Waals surface area contributed by atoms with Crippen LogP contribution < -0.4 is 5.32 Å². The Bertz CT molecular complexity index is 313. The van der Waals surface area contributed by atoms with Crippen LogP contribution in [0.4, 0.5) is 0 Å². The number of ether oxygens (including phenoxy) is 1. The molecule has 1 aliphatic carbocycles. The molecular weight excluding hydrogens is 240 g/mol. The SMILES string of the molecule is CN(CCOCC1CC1)C(=O)C1NCCCC1(C)C. The quantitative estimate of drug-likeness (QED) is 0.745. The van der Waals surface area contributed by atoms with Crippen molar-refractivity contribution >= 4 is 5.91 Å². The summed E-state index contributed by atoms with van der Waals surface area (Å²) in [5, 5.41) is 3.38. The van der Waals surface area contributed by atoms with Crippen LogP contribution >= 0.6 is 0 Å². The Labute approximate surface area is 116 Å². The van der Waals surface area contributed by atoms with E-state index in [0.29, 0.717) is 13.2 Å². The average molecular weight is 268 g/mol. The zero-order chi connectivity index (χ0) is 13.9. The normalized spacial score (nSPS) is 26.2. The minimum atomic E-state index is -0.0466. The minimum absolute atomic E-state index is 0.0466. The van der Waals surface area contributed by atoms with E-state index in [4.69, 9.17) is 4.74 Å².